The normalized spacial score (nSPS) is 60.2. The summed E-state index contributed by atoms with van der Waals surface area (Å²) in [6.45, 7) is 0. The van der Waals surface area contributed by atoms with Crippen molar-refractivity contribution in [3.63, 3.8) is 0 Å². The Labute approximate surface area is 91.8 Å². The van der Waals surface area contributed by atoms with Crippen molar-refractivity contribution < 1.29 is 4.74 Å². The van der Waals surface area contributed by atoms with Crippen LogP contribution < -0.4 is 5.32 Å². The average Bonchev–Trinajstić information content (AvgIpc) is 2.59. The predicted molar refractivity (Wildman–Crippen MR) is 58.6 cm³/mol. The molecule has 4 aliphatic rings. The molecule has 0 spiro atoms. The third kappa shape index (κ3) is 1.18. The van der Waals surface area contributed by atoms with Crippen LogP contribution in [-0.2, 0) is 4.74 Å². The third-order valence-corrected chi connectivity index (χ3v) is 5.59. The standard InChI is InChI=1S/C13H21NO/c1-15-10-5-9(6-10)14-13-11-7-2-3-8(4-7)12(11)13/h7-14H,2-6H2,1H3. The van der Waals surface area contributed by atoms with E-state index in [2.05, 4.69) is 5.32 Å². The van der Waals surface area contributed by atoms with Crippen molar-refractivity contribution in [3.8, 4) is 0 Å². The predicted octanol–water partition coefficient (Wildman–Crippen LogP) is 1.80. The summed E-state index contributed by atoms with van der Waals surface area (Å²) in [6.07, 6.45) is 7.70. The Morgan fingerprint density at radius 3 is 2.27 bits per heavy atom. The molecule has 4 atom stereocenters. The van der Waals surface area contributed by atoms with E-state index in [4.69, 9.17) is 4.74 Å². The first-order valence-electron chi connectivity index (χ1n) is 6.65. The minimum atomic E-state index is 0.554. The molecule has 15 heavy (non-hydrogen) atoms. The van der Waals surface area contributed by atoms with Gasteiger partial charge in [-0.1, -0.05) is 0 Å². The molecule has 0 aromatic carbocycles. The fourth-order valence-electron chi connectivity index (χ4n) is 4.71. The first-order valence-corrected chi connectivity index (χ1v) is 6.65. The second kappa shape index (κ2) is 2.98. The van der Waals surface area contributed by atoms with Crippen LogP contribution in [0.1, 0.15) is 32.1 Å². The molecule has 4 rings (SSSR count). The van der Waals surface area contributed by atoms with E-state index in [1.54, 1.807) is 6.42 Å². The number of hydrogen-bond acceptors (Lipinski definition) is 2. The lowest BCUT2D eigenvalue weighted by molar-refractivity contribution is 0.0158. The fraction of sp³-hybridized carbons (Fsp3) is 1.00. The summed E-state index contributed by atoms with van der Waals surface area (Å²) in [7, 11) is 1.84. The van der Waals surface area contributed by atoms with E-state index < -0.39 is 0 Å². The van der Waals surface area contributed by atoms with Crippen LogP contribution in [0, 0.1) is 23.7 Å². The van der Waals surface area contributed by atoms with E-state index in [0.29, 0.717) is 6.10 Å². The summed E-state index contributed by atoms with van der Waals surface area (Å²) in [5.41, 5.74) is 0. The molecular weight excluding hydrogens is 186 g/mol. The molecule has 0 aromatic rings. The Bertz CT molecular complexity index is 258. The molecule has 4 unspecified atom stereocenters. The first-order chi connectivity index (χ1) is 7.36. The van der Waals surface area contributed by atoms with Gasteiger partial charge in [-0.15, -0.1) is 0 Å². The zero-order valence-electron chi connectivity index (χ0n) is 9.49. The molecule has 1 N–H and O–H groups in total. The molecule has 0 radical (unpaired) electrons. The number of fused-ring (bicyclic) bond motifs is 5. The topological polar surface area (TPSA) is 21.3 Å². The highest BCUT2D eigenvalue weighted by atomic mass is 16.5. The number of rotatable bonds is 3. The molecule has 4 saturated carbocycles. The highest BCUT2D eigenvalue weighted by molar-refractivity contribution is 5.17. The fourth-order valence-corrected chi connectivity index (χ4v) is 4.71. The largest absolute Gasteiger partial charge is 0.381 e. The lowest BCUT2D eigenvalue weighted by Crippen LogP contribution is -2.47. The Morgan fingerprint density at radius 1 is 1.00 bits per heavy atom. The van der Waals surface area contributed by atoms with Crippen molar-refractivity contribution in [3.05, 3.63) is 0 Å². The smallest absolute Gasteiger partial charge is 0.0601 e. The highest BCUT2D eigenvalue weighted by Crippen LogP contribution is 2.65. The van der Waals surface area contributed by atoms with Gasteiger partial charge in [0, 0.05) is 19.2 Å². The van der Waals surface area contributed by atoms with Crippen molar-refractivity contribution in [2.75, 3.05) is 7.11 Å². The van der Waals surface area contributed by atoms with Crippen LogP contribution >= 0.6 is 0 Å². The van der Waals surface area contributed by atoms with E-state index in [1.165, 1.54) is 25.7 Å². The minimum Gasteiger partial charge on any atom is -0.381 e. The van der Waals surface area contributed by atoms with Crippen molar-refractivity contribution in [2.45, 2.75) is 50.3 Å². The SMILES string of the molecule is COC1CC(NC2C3C4CCC(C4)C23)C1. The quantitative estimate of drug-likeness (QED) is 0.762. The van der Waals surface area contributed by atoms with Gasteiger partial charge in [0.1, 0.15) is 0 Å². The van der Waals surface area contributed by atoms with Crippen molar-refractivity contribution in [1.82, 2.24) is 5.32 Å². The molecular formula is C13H21NO. The van der Waals surface area contributed by atoms with Crippen LogP contribution in [0.3, 0.4) is 0 Å². The van der Waals surface area contributed by atoms with Gasteiger partial charge in [0.25, 0.3) is 0 Å². The van der Waals surface area contributed by atoms with E-state index >= 15 is 0 Å². The Morgan fingerprint density at radius 2 is 1.67 bits per heavy atom. The summed E-state index contributed by atoms with van der Waals surface area (Å²) in [4.78, 5) is 0. The van der Waals surface area contributed by atoms with Crippen LogP contribution in [0.2, 0.25) is 0 Å². The molecule has 0 heterocycles. The maximum atomic E-state index is 5.33. The van der Waals surface area contributed by atoms with Crippen molar-refractivity contribution in [1.29, 1.82) is 0 Å². The molecule has 2 heteroatoms. The number of methoxy groups -OCH3 is 1. The van der Waals surface area contributed by atoms with Gasteiger partial charge in [-0.25, -0.2) is 0 Å². The number of nitrogens with one attached hydrogen (secondary N) is 1. The lowest BCUT2D eigenvalue weighted by Gasteiger charge is -2.35. The van der Waals surface area contributed by atoms with Crippen LogP contribution in [0.25, 0.3) is 0 Å². The highest BCUT2D eigenvalue weighted by Gasteiger charge is 2.65. The minimum absolute atomic E-state index is 0.554. The molecule has 0 amide bonds. The molecule has 84 valence electrons. The van der Waals surface area contributed by atoms with Crippen molar-refractivity contribution in [2.24, 2.45) is 23.7 Å². The molecule has 4 fully saturated rings. The van der Waals surface area contributed by atoms with Crippen LogP contribution in [-0.4, -0.2) is 25.3 Å². The van der Waals surface area contributed by atoms with Crippen LogP contribution in [0.5, 0.6) is 0 Å². The van der Waals surface area contributed by atoms with E-state index in [0.717, 1.165) is 35.8 Å². The Hall–Kier alpha value is -0.0800. The van der Waals surface area contributed by atoms with Gasteiger partial charge < -0.3 is 10.1 Å². The van der Waals surface area contributed by atoms with Gasteiger partial charge >= 0.3 is 0 Å². The maximum Gasteiger partial charge on any atom is 0.0601 e. The molecule has 0 aromatic heterocycles. The van der Waals surface area contributed by atoms with E-state index in [9.17, 15) is 0 Å². The van der Waals surface area contributed by atoms with Gasteiger partial charge in [0.05, 0.1) is 6.10 Å². The van der Waals surface area contributed by atoms with Gasteiger partial charge in [0.2, 0.25) is 0 Å². The third-order valence-electron chi connectivity index (χ3n) is 5.59. The molecule has 0 saturated heterocycles. The number of ether oxygens (including phenoxy) is 1. The molecule has 2 bridgehead atoms. The average molecular weight is 207 g/mol. The maximum absolute atomic E-state index is 5.33. The second-order valence-electron chi connectivity index (χ2n) is 6.21. The first kappa shape index (κ1) is 9.00. The zero-order chi connectivity index (χ0) is 9.99. The summed E-state index contributed by atoms with van der Waals surface area (Å²) in [5, 5.41) is 3.88. The molecule has 2 nitrogen and oxygen atoms in total. The van der Waals surface area contributed by atoms with Gasteiger partial charge in [-0.05, 0) is 55.8 Å². The summed E-state index contributed by atoms with van der Waals surface area (Å²) in [5.74, 6) is 4.39. The monoisotopic (exact) mass is 207 g/mol. The van der Waals surface area contributed by atoms with Crippen LogP contribution in [0.15, 0.2) is 0 Å². The molecule has 0 aliphatic heterocycles. The van der Waals surface area contributed by atoms with E-state index in [-0.39, 0.29) is 0 Å². The summed E-state index contributed by atoms with van der Waals surface area (Å²) in [6, 6.07) is 1.70. The molecule has 4 aliphatic carbocycles. The second-order valence-corrected chi connectivity index (χ2v) is 6.21. The zero-order valence-corrected chi connectivity index (χ0v) is 9.49. The van der Waals surface area contributed by atoms with Crippen LogP contribution in [0.4, 0.5) is 0 Å². The van der Waals surface area contributed by atoms with Gasteiger partial charge in [-0.2, -0.15) is 0 Å². The number of hydrogen-bond donors (Lipinski definition) is 1. The summed E-state index contributed by atoms with van der Waals surface area (Å²) >= 11 is 0. The summed E-state index contributed by atoms with van der Waals surface area (Å²) < 4.78 is 5.33. The Kier molecular flexibility index (Phi) is 1.79. The van der Waals surface area contributed by atoms with Crippen molar-refractivity contribution >= 4 is 0 Å². The van der Waals surface area contributed by atoms with Gasteiger partial charge in [0.15, 0.2) is 0 Å². The Balaban J connectivity index is 1.32. The lowest BCUT2D eigenvalue weighted by atomic mass is 9.89. The van der Waals surface area contributed by atoms with Gasteiger partial charge in [-0.3, -0.25) is 0 Å². The van der Waals surface area contributed by atoms with E-state index in [1.807, 2.05) is 7.11 Å².